The van der Waals surface area contributed by atoms with Crippen LogP contribution in [0.15, 0.2) is 26.7 Å². The maximum Gasteiger partial charge on any atom is 0.191 e. The van der Waals surface area contributed by atoms with Crippen LogP contribution in [0.25, 0.3) is 0 Å². The summed E-state index contributed by atoms with van der Waals surface area (Å²) in [7, 11) is -3.47. The SMILES string of the molecule is CCNC(=NCC1(CCOCC)CCCC1)NCC(O)CS(=O)(=O)c1cccs1.I. The zero-order valence-electron chi connectivity index (χ0n) is 17.9. The summed E-state index contributed by atoms with van der Waals surface area (Å²) in [5, 5.41) is 18.2. The second-order valence-corrected chi connectivity index (χ2v) is 10.8. The minimum Gasteiger partial charge on any atom is -0.390 e. The first-order chi connectivity index (χ1) is 13.9. The minimum atomic E-state index is -3.47. The van der Waals surface area contributed by atoms with Crippen LogP contribution >= 0.6 is 35.3 Å². The van der Waals surface area contributed by atoms with Gasteiger partial charge in [-0.15, -0.1) is 35.3 Å². The lowest BCUT2D eigenvalue weighted by atomic mass is 9.83. The number of hydrogen-bond acceptors (Lipinski definition) is 6. The number of nitrogens with one attached hydrogen (secondary N) is 2. The number of aliphatic hydroxyl groups is 1. The fraction of sp³-hybridized carbons (Fsp3) is 0.750. The molecule has 0 aliphatic heterocycles. The summed E-state index contributed by atoms with van der Waals surface area (Å²) in [4.78, 5) is 4.75. The van der Waals surface area contributed by atoms with E-state index < -0.39 is 15.9 Å². The van der Waals surface area contributed by atoms with E-state index in [9.17, 15) is 13.5 Å². The van der Waals surface area contributed by atoms with Gasteiger partial charge in [0, 0.05) is 32.8 Å². The van der Waals surface area contributed by atoms with E-state index >= 15 is 0 Å². The van der Waals surface area contributed by atoms with Crippen molar-refractivity contribution >= 4 is 51.1 Å². The van der Waals surface area contributed by atoms with Gasteiger partial charge in [0.2, 0.25) is 0 Å². The van der Waals surface area contributed by atoms with Gasteiger partial charge in [0.1, 0.15) is 4.21 Å². The highest BCUT2D eigenvalue weighted by molar-refractivity contribution is 14.0. The van der Waals surface area contributed by atoms with Crippen molar-refractivity contribution in [1.82, 2.24) is 10.6 Å². The minimum absolute atomic E-state index is 0. The molecule has 0 bridgehead atoms. The Bertz CT molecular complexity index is 720. The largest absolute Gasteiger partial charge is 0.390 e. The lowest BCUT2D eigenvalue weighted by Crippen LogP contribution is -2.43. The fourth-order valence-corrected chi connectivity index (χ4v) is 6.16. The number of nitrogens with zero attached hydrogens (tertiary/aromatic N) is 1. The molecule has 1 unspecified atom stereocenters. The first-order valence-electron chi connectivity index (χ1n) is 10.4. The molecule has 1 saturated carbocycles. The Kier molecular flexibility index (Phi) is 12.8. The third kappa shape index (κ3) is 8.97. The molecule has 2 rings (SSSR count). The van der Waals surface area contributed by atoms with E-state index in [0.29, 0.717) is 19.0 Å². The van der Waals surface area contributed by atoms with Crippen LogP contribution < -0.4 is 10.6 Å². The molecule has 0 radical (unpaired) electrons. The number of aliphatic hydroxyl groups excluding tert-OH is 1. The Balaban J connectivity index is 0.00000450. The number of hydrogen-bond donors (Lipinski definition) is 3. The van der Waals surface area contributed by atoms with Crippen molar-refractivity contribution in [2.75, 3.05) is 38.6 Å². The molecule has 10 heteroatoms. The fourth-order valence-electron chi connectivity index (χ4n) is 3.68. The predicted octanol–water partition coefficient (Wildman–Crippen LogP) is 3.04. The molecule has 174 valence electrons. The molecule has 1 fully saturated rings. The molecule has 0 amide bonds. The summed E-state index contributed by atoms with van der Waals surface area (Å²) < 4.78 is 30.5. The standard InChI is InChI=1S/C20H35N3O4S2.HI/c1-3-21-19(23-16-20(9-5-6-10-20)11-12-27-4-2)22-14-17(24)15-29(25,26)18-8-7-13-28-18;/h7-8,13,17,24H,3-6,9-12,14-16H2,1-2H3,(H2,21,22,23);1H. The van der Waals surface area contributed by atoms with Gasteiger partial charge in [-0.1, -0.05) is 18.9 Å². The first-order valence-corrected chi connectivity index (χ1v) is 13.0. The van der Waals surface area contributed by atoms with Gasteiger partial charge in [0.15, 0.2) is 15.8 Å². The van der Waals surface area contributed by atoms with Crippen molar-refractivity contribution in [3.05, 3.63) is 17.5 Å². The number of guanidine groups is 1. The molecule has 0 saturated heterocycles. The highest BCUT2D eigenvalue weighted by Gasteiger charge is 2.33. The number of rotatable bonds is 12. The van der Waals surface area contributed by atoms with Crippen molar-refractivity contribution < 1.29 is 18.3 Å². The molecule has 7 nitrogen and oxygen atoms in total. The molecule has 1 aliphatic carbocycles. The van der Waals surface area contributed by atoms with E-state index in [-0.39, 0.29) is 45.9 Å². The van der Waals surface area contributed by atoms with Crippen LogP contribution in [0.2, 0.25) is 0 Å². The van der Waals surface area contributed by atoms with Gasteiger partial charge >= 0.3 is 0 Å². The van der Waals surface area contributed by atoms with E-state index in [1.54, 1.807) is 17.5 Å². The number of aliphatic imine (C=N–C) groups is 1. The van der Waals surface area contributed by atoms with E-state index in [4.69, 9.17) is 9.73 Å². The van der Waals surface area contributed by atoms with Crippen LogP contribution in [0.5, 0.6) is 0 Å². The molecule has 30 heavy (non-hydrogen) atoms. The molecule has 0 spiro atoms. The van der Waals surface area contributed by atoms with E-state index in [1.165, 1.54) is 24.2 Å². The smallest absolute Gasteiger partial charge is 0.191 e. The molecule has 1 aromatic rings. The van der Waals surface area contributed by atoms with Crippen molar-refractivity contribution in [3.8, 4) is 0 Å². The molecule has 0 aromatic carbocycles. The number of halogens is 1. The van der Waals surface area contributed by atoms with E-state index in [0.717, 1.165) is 32.5 Å². The molecule has 1 aromatic heterocycles. The van der Waals surface area contributed by atoms with Crippen molar-refractivity contribution in [2.24, 2.45) is 10.4 Å². The summed E-state index contributed by atoms with van der Waals surface area (Å²) in [6.45, 7) is 7.01. The highest BCUT2D eigenvalue weighted by atomic mass is 127. The second kappa shape index (κ2) is 13.9. The summed E-state index contributed by atoms with van der Waals surface area (Å²) in [6, 6.07) is 3.26. The van der Waals surface area contributed by atoms with Gasteiger partial charge < -0.3 is 20.5 Å². The first kappa shape index (κ1) is 27.6. The Labute approximate surface area is 202 Å². The van der Waals surface area contributed by atoms with Gasteiger partial charge in [0.05, 0.1) is 11.9 Å². The van der Waals surface area contributed by atoms with Gasteiger partial charge in [-0.3, -0.25) is 4.99 Å². The monoisotopic (exact) mass is 573 g/mol. The Morgan fingerprint density at radius 2 is 2.07 bits per heavy atom. The lowest BCUT2D eigenvalue weighted by Gasteiger charge is -2.27. The van der Waals surface area contributed by atoms with Crippen LogP contribution in [-0.2, 0) is 14.6 Å². The van der Waals surface area contributed by atoms with E-state index in [1.807, 2.05) is 13.8 Å². The van der Waals surface area contributed by atoms with Crippen LogP contribution in [0.4, 0.5) is 0 Å². The molecule has 1 heterocycles. The van der Waals surface area contributed by atoms with Crippen molar-refractivity contribution in [1.29, 1.82) is 0 Å². The van der Waals surface area contributed by atoms with Crippen LogP contribution in [0.1, 0.15) is 46.0 Å². The second-order valence-electron chi connectivity index (χ2n) is 7.60. The molecular weight excluding hydrogens is 537 g/mol. The summed E-state index contributed by atoms with van der Waals surface area (Å²) in [6.07, 6.45) is 4.76. The highest BCUT2D eigenvalue weighted by Crippen LogP contribution is 2.41. The zero-order chi connectivity index (χ0) is 21.2. The molecular formula is C20H36IN3O4S2. The Morgan fingerprint density at radius 1 is 1.33 bits per heavy atom. The average Bonchev–Trinajstić information content (AvgIpc) is 3.37. The number of sulfone groups is 1. The summed E-state index contributed by atoms with van der Waals surface area (Å²) in [5.41, 5.74) is 0.179. The van der Waals surface area contributed by atoms with Crippen molar-refractivity contribution in [3.63, 3.8) is 0 Å². The van der Waals surface area contributed by atoms with Gasteiger partial charge in [-0.2, -0.15) is 0 Å². The van der Waals surface area contributed by atoms with Crippen LogP contribution in [0, 0.1) is 5.41 Å². The quantitative estimate of drug-likeness (QED) is 0.154. The lowest BCUT2D eigenvalue weighted by molar-refractivity contribution is 0.107. The summed E-state index contributed by atoms with van der Waals surface area (Å²) in [5.74, 6) is 0.306. The van der Waals surface area contributed by atoms with Crippen molar-refractivity contribution in [2.45, 2.75) is 56.3 Å². The van der Waals surface area contributed by atoms with E-state index in [2.05, 4.69) is 10.6 Å². The van der Waals surface area contributed by atoms with Gasteiger partial charge in [-0.25, -0.2) is 8.42 Å². The predicted molar refractivity (Wildman–Crippen MR) is 134 cm³/mol. The molecule has 1 aliphatic rings. The number of thiophene rings is 1. The van der Waals surface area contributed by atoms with Crippen LogP contribution in [0.3, 0.4) is 0 Å². The molecule has 3 N–H and O–H groups in total. The normalized spacial score (nSPS) is 17.4. The van der Waals surface area contributed by atoms with Gasteiger partial charge in [-0.05, 0) is 50.0 Å². The van der Waals surface area contributed by atoms with Crippen LogP contribution in [-0.4, -0.2) is 64.2 Å². The Morgan fingerprint density at radius 3 is 2.67 bits per heavy atom. The summed E-state index contributed by atoms with van der Waals surface area (Å²) >= 11 is 1.17. The Hall–Kier alpha value is -0.430. The maximum absolute atomic E-state index is 12.3. The topological polar surface area (TPSA) is 100 Å². The molecule has 1 atom stereocenters. The number of ether oxygens (including phenoxy) is 1. The third-order valence-electron chi connectivity index (χ3n) is 5.28. The average molecular weight is 574 g/mol. The van der Waals surface area contributed by atoms with Gasteiger partial charge in [0.25, 0.3) is 0 Å². The third-order valence-corrected chi connectivity index (χ3v) is 8.57. The zero-order valence-corrected chi connectivity index (χ0v) is 21.9. The maximum atomic E-state index is 12.3.